The molecule has 122 valence electrons. The summed E-state index contributed by atoms with van der Waals surface area (Å²) in [6, 6.07) is -10.8. The lowest BCUT2D eigenvalue weighted by atomic mass is 10.1. The van der Waals surface area contributed by atoms with Crippen molar-refractivity contribution in [2.45, 2.75) is 0 Å². The topological polar surface area (TPSA) is 3.24 Å². The van der Waals surface area contributed by atoms with Gasteiger partial charge in [0.2, 0.25) is 0 Å². The van der Waals surface area contributed by atoms with Gasteiger partial charge in [0.05, 0.1) is 26.2 Å². The number of benzene rings is 4. The van der Waals surface area contributed by atoms with Crippen molar-refractivity contribution >= 4 is 59.7 Å². The Morgan fingerprint density at radius 1 is 0.600 bits per heavy atom. The number of anilines is 3. The van der Waals surface area contributed by atoms with Gasteiger partial charge >= 0.3 is 0 Å². The van der Waals surface area contributed by atoms with Crippen LogP contribution in [0.1, 0.15) is 20.6 Å². The summed E-state index contributed by atoms with van der Waals surface area (Å²) in [4.78, 5) is 0.684. The zero-order chi connectivity index (χ0) is 30.3. The fraction of sp³-hybridized carbons (Fsp3) is 0. The Bertz CT molecular complexity index is 1650. The summed E-state index contributed by atoms with van der Waals surface area (Å²) in [6.07, 6.45) is 0. The van der Waals surface area contributed by atoms with Gasteiger partial charge in [0.1, 0.15) is 0 Å². The Labute approximate surface area is 185 Å². The predicted molar refractivity (Wildman–Crippen MR) is 114 cm³/mol. The standard InChI is InChI=1S/C22H15Br2N/c23-17-8-12-19(13-9-17)25(20-14-10-18(24)11-15-20)22-7-3-5-16-4-1-2-6-21(16)22/h1-15H/i1D,2D,3D,4D,5D,6D,7D,8D,9D,10D,11D,12D,13D,14D,15D. The molecule has 0 aromatic heterocycles. The number of nitrogens with zero attached hydrogens (tertiary/aromatic N) is 1. The van der Waals surface area contributed by atoms with Crippen LogP contribution in [0.5, 0.6) is 0 Å². The van der Waals surface area contributed by atoms with Crippen molar-refractivity contribution in [3.05, 3.63) is 99.6 Å². The highest BCUT2D eigenvalue weighted by Gasteiger charge is 2.14. The van der Waals surface area contributed by atoms with Crippen LogP contribution in [0.3, 0.4) is 0 Å². The number of fused-ring (bicyclic) bond motifs is 1. The van der Waals surface area contributed by atoms with E-state index < -0.39 is 118 Å². The van der Waals surface area contributed by atoms with Crippen molar-refractivity contribution in [1.82, 2.24) is 0 Å². The minimum atomic E-state index is -0.845. The average molecular weight is 468 g/mol. The molecule has 4 aromatic rings. The minimum Gasteiger partial charge on any atom is -0.310 e. The maximum absolute atomic E-state index is 8.77. The van der Waals surface area contributed by atoms with E-state index in [0.29, 0.717) is 4.90 Å². The zero-order valence-corrected chi connectivity index (χ0v) is 15.4. The summed E-state index contributed by atoms with van der Waals surface area (Å²) in [5.74, 6) is 0. The van der Waals surface area contributed by atoms with E-state index in [1.807, 2.05) is 0 Å². The smallest absolute Gasteiger partial charge is 0.0645 e. The number of halogens is 2. The molecular formula is C22H15Br2N. The second kappa shape index (κ2) is 7.03. The van der Waals surface area contributed by atoms with E-state index in [4.69, 9.17) is 20.6 Å². The van der Waals surface area contributed by atoms with Crippen LogP contribution in [0.4, 0.5) is 17.1 Å². The van der Waals surface area contributed by atoms with Crippen molar-refractivity contribution in [1.29, 1.82) is 0 Å². The first-order valence-electron chi connectivity index (χ1n) is 14.3. The largest absolute Gasteiger partial charge is 0.310 e. The molecule has 0 aliphatic carbocycles. The van der Waals surface area contributed by atoms with E-state index in [9.17, 15) is 0 Å². The first-order valence-corrected chi connectivity index (χ1v) is 8.38. The van der Waals surface area contributed by atoms with E-state index >= 15 is 0 Å². The fourth-order valence-corrected chi connectivity index (χ4v) is 2.50. The molecule has 4 rings (SSSR count). The second-order valence-corrected chi connectivity index (χ2v) is 6.22. The van der Waals surface area contributed by atoms with E-state index in [-0.39, 0.29) is 8.95 Å². The fourth-order valence-electron chi connectivity index (χ4n) is 2.11. The molecule has 25 heavy (non-hydrogen) atoms. The second-order valence-electron chi connectivity index (χ2n) is 4.63. The Kier molecular flexibility index (Phi) is 1.85. The van der Waals surface area contributed by atoms with Crippen LogP contribution in [0.25, 0.3) is 10.8 Å². The quantitative estimate of drug-likeness (QED) is 0.296. The zero-order valence-electron chi connectivity index (χ0n) is 27.2. The Morgan fingerprint density at radius 3 is 1.72 bits per heavy atom. The average Bonchev–Trinajstić information content (AvgIpc) is 2.92. The molecular weight excluding hydrogens is 438 g/mol. The molecule has 0 amide bonds. The molecule has 0 unspecified atom stereocenters. The van der Waals surface area contributed by atoms with Crippen molar-refractivity contribution in [2.75, 3.05) is 4.90 Å². The molecule has 0 spiro atoms. The molecule has 0 radical (unpaired) electrons. The summed E-state index contributed by atoms with van der Waals surface area (Å²) >= 11 is 5.97. The molecule has 0 aliphatic heterocycles. The van der Waals surface area contributed by atoms with E-state index in [2.05, 4.69) is 31.9 Å². The third-order valence-electron chi connectivity index (χ3n) is 3.13. The summed E-state index contributed by atoms with van der Waals surface area (Å²) in [6.45, 7) is 0. The number of hydrogen-bond donors (Lipinski definition) is 0. The first kappa shape index (κ1) is 6.57. The summed E-state index contributed by atoms with van der Waals surface area (Å²) < 4.78 is 126. The van der Waals surface area contributed by atoms with Crippen LogP contribution in [0, 0.1) is 0 Å². The maximum Gasteiger partial charge on any atom is 0.0645 e. The van der Waals surface area contributed by atoms with Gasteiger partial charge in [-0.05, 0) is 59.8 Å². The van der Waals surface area contributed by atoms with Gasteiger partial charge in [-0.15, -0.1) is 0 Å². The molecule has 4 aromatic carbocycles. The number of hydrogen-bond acceptors (Lipinski definition) is 1. The van der Waals surface area contributed by atoms with Crippen molar-refractivity contribution in [3.8, 4) is 0 Å². The molecule has 0 fully saturated rings. The first-order chi connectivity index (χ1) is 18.5. The molecule has 1 nitrogen and oxygen atoms in total. The van der Waals surface area contributed by atoms with Crippen molar-refractivity contribution in [3.63, 3.8) is 0 Å². The van der Waals surface area contributed by atoms with Crippen molar-refractivity contribution < 1.29 is 20.6 Å². The predicted octanol–water partition coefficient (Wildman–Crippen LogP) is 7.83. The lowest BCUT2D eigenvalue weighted by Crippen LogP contribution is -2.10. The lowest BCUT2D eigenvalue weighted by molar-refractivity contribution is 1.29. The Morgan fingerprint density at radius 2 is 1.12 bits per heavy atom. The third kappa shape index (κ3) is 3.35. The van der Waals surface area contributed by atoms with Crippen LogP contribution in [0.15, 0.2) is 99.6 Å². The molecule has 3 heteroatoms. The highest BCUT2D eigenvalue weighted by Crippen LogP contribution is 2.39. The summed E-state index contributed by atoms with van der Waals surface area (Å²) in [5, 5.41) is -1.01. The van der Waals surface area contributed by atoms with Crippen LogP contribution in [0.2, 0.25) is 0 Å². The number of rotatable bonds is 3. The van der Waals surface area contributed by atoms with Gasteiger partial charge in [-0.1, -0.05) is 68.1 Å². The molecule has 0 aliphatic rings. The molecule has 0 heterocycles. The van der Waals surface area contributed by atoms with Crippen LogP contribution >= 0.6 is 31.9 Å². The van der Waals surface area contributed by atoms with Gasteiger partial charge in [-0.25, -0.2) is 0 Å². The van der Waals surface area contributed by atoms with Crippen molar-refractivity contribution in [2.24, 2.45) is 0 Å². The Hall–Kier alpha value is -2.10. The monoisotopic (exact) mass is 466 g/mol. The van der Waals surface area contributed by atoms with Gasteiger partial charge < -0.3 is 4.90 Å². The SMILES string of the molecule is [2H]c1c([2H])c(N(c2c([2H])c([2H])c(Br)c([2H])c2[2H])c2c([2H])c([2H])c([2H])c3c([2H])c([2H])c([2H])c([2H])c23)c([2H])c([2H])c1Br. The molecule has 0 bridgehead atoms. The maximum atomic E-state index is 8.77. The molecule has 0 saturated heterocycles. The van der Waals surface area contributed by atoms with Crippen LogP contribution < -0.4 is 4.90 Å². The third-order valence-corrected chi connectivity index (χ3v) is 3.92. The highest BCUT2D eigenvalue weighted by molar-refractivity contribution is 9.10. The van der Waals surface area contributed by atoms with E-state index in [1.165, 1.54) is 0 Å². The van der Waals surface area contributed by atoms with Crippen LogP contribution in [-0.2, 0) is 0 Å². The highest BCUT2D eigenvalue weighted by atomic mass is 79.9. The molecule has 0 atom stereocenters. The summed E-state index contributed by atoms with van der Waals surface area (Å²) in [5.41, 5.74) is -1.98. The van der Waals surface area contributed by atoms with Gasteiger partial charge in [0.15, 0.2) is 0 Å². The van der Waals surface area contributed by atoms with Gasteiger partial charge in [0.25, 0.3) is 0 Å². The molecule has 0 N–H and O–H groups in total. The van der Waals surface area contributed by atoms with E-state index in [0.717, 1.165) is 0 Å². The van der Waals surface area contributed by atoms with E-state index in [1.54, 1.807) is 0 Å². The summed E-state index contributed by atoms with van der Waals surface area (Å²) in [7, 11) is 0. The van der Waals surface area contributed by atoms with Crippen LogP contribution in [-0.4, -0.2) is 0 Å². The molecule has 0 saturated carbocycles. The normalized spacial score (nSPS) is 19.2. The lowest BCUT2D eigenvalue weighted by Gasteiger charge is -2.27. The van der Waals surface area contributed by atoms with Gasteiger partial charge in [-0.2, -0.15) is 0 Å². The minimum absolute atomic E-state index is 0.234. The van der Waals surface area contributed by atoms with Gasteiger partial charge in [-0.3, -0.25) is 0 Å². The Balaban J connectivity index is 2.44. The van der Waals surface area contributed by atoms with Gasteiger partial charge in [0, 0.05) is 25.7 Å².